The number of carboxylic acids is 1. The van der Waals surface area contributed by atoms with Crippen LogP contribution in [0.2, 0.25) is 0 Å². The van der Waals surface area contributed by atoms with Gasteiger partial charge in [0.25, 0.3) is 11.8 Å². The quantitative estimate of drug-likeness (QED) is 0.163. The minimum atomic E-state index is -4.85. The molecule has 0 fully saturated rings. The summed E-state index contributed by atoms with van der Waals surface area (Å²) in [5, 5.41) is 13.3. The second-order valence-corrected chi connectivity index (χ2v) is 8.88. The number of rotatable bonds is 12. The number of pyridine rings is 2. The average molecular weight is 579 g/mol. The molecule has 210 valence electrons. The van der Waals surface area contributed by atoms with Crippen LogP contribution in [0.1, 0.15) is 34.1 Å². The average Bonchev–Trinajstić information content (AvgIpc) is 2.91. The lowest BCUT2D eigenvalue weighted by Crippen LogP contribution is -2.31. The van der Waals surface area contributed by atoms with Gasteiger partial charge in [-0.25, -0.2) is 4.98 Å². The van der Waals surface area contributed by atoms with Crippen molar-refractivity contribution in [3.8, 4) is 5.75 Å². The van der Waals surface area contributed by atoms with Crippen molar-refractivity contribution in [3.05, 3.63) is 78.2 Å². The molecule has 0 radical (unpaired) electrons. The Hall–Kier alpha value is -4.66. The highest BCUT2D eigenvalue weighted by molar-refractivity contribution is 7.99. The van der Waals surface area contributed by atoms with Crippen molar-refractivity contribution >= 4 is 41.2 Å². The van der Waals surface area contributed by atoms with E-state index < -0.39 is 60.7 Å². The van der Waals surface area contributed by atoms with Gasteiger partial charge in [-0.2, -0.15) is 0 Å². The fourth-order valence-electron chi connectivity index (χ4n) is 3.04. The molecule has 1 aromatic carbocycles. The molecule has 3 rings (SSSR count). The standard InChI is InChI=1S/C25H21F3N4O7S/c26-25(27,28)39-17-5-3-16(4-6-17)31-22(37)18-2-1-11-30-24(18)40-23(15-9-12-29-13-10-15)32-19(33)14-38-21(36)8-7-20(34)35/h1-6,9-13,23H,7-8,14H2,(H,31,37)(H,32,33)(H,34,35). The lowest BCUT2D eigenvalue weighted by molar-refractivity contribution is -0.274. The molecule has 0 saturated carbocycles. The van der Waals surface area contributed by atoms with Gasteiger partial charge in [-0.1, -0.05) is 11.8 Å². The molecule has 3 N–H and O–H groups in total. The Bertz CT molecular complexity index is 1340. The van der Waals surface area contributed by atoms with E-state index in [1.54, 1.807) is 12.1 Å². The first-order chi connectivity index (χ1) is 19.0. The van der Waals surface area contributed by atoms with E-state index in [9.17, 15) is 32.3 Å². The highest BCUT2D eigenvalue weighted by Crippen LogP contribution is 2.34. The highest BCUT2D eigenvalue weighted by atomic mass is 32.2. The number of esters is 1. The predicted molar refractivity (Wildman–Crippen MR) is 134 cm³/mol. The van der Waals surface area contributed by atoms with Crippen LogP contribution in [0.3, 0.4) is 0 Å². The van der Waals surface area contributed by atoms with Crippen LogP contribution in [-0.2, 0) is 19.1 Å². The van der Waals surface area contributed by atoms with Gasteiger partial charge in [0.1, 0.15) is 16.1 Å². The van der Waals surface area contributed by atoms with E-state index in [1.165, 1.54) is 42.9 Å². The molecular formula is C25H21F3N4O7S. The Labute approximate surface area is 229 Å². The minimum Gasteiger partial charge on any atom is -0.481 e. The van der Waals surface area contributed by atoms with Gasteiger partial charge in [0, 0.05) is 24.3 Å². The van der Waals surface area contributed by atoms with Crippen molar-refractivity contribution in [1.82, 2.24) is 15.3 Å². The number of alkyl halides is 3. The first-order valence-electron chi connectivity index (χ1n) is 11.4. The minimum absolute atomic E-state index is 0.108. The van der Waals surface area contributed by atoms with Gasteiger partial charge in [-0.05, 0) is 54.1 Å². The number of amides is 2. The van der Waals surface area contributed by atoms with E-state index in [1.807, 2.05) is 0 Å². The van der Waals surface area contributed by atoms with Crippen LogP contribution < -0.4 is 15.4 Å². The van der Waals surface area contributed by atoms with E-state index in [-0.39, 0.29) is 16.3 Å². The molecule has 0 aliphatic carbocycles. The molecule has 3 aromatic rings. The molecule has 0 saturated heterocycles. The number of nitrogens with zero attached hydrogens (tertiary/aromatic N) is 2. The van der Waals surface area contributed by atoms with Gasteiger partial charge in [0.05, 0.1) is 18.4 Å². The Balaban J connectivity index is 1.71. The normalized spacial score (nSPS) is 11.7. The van der Waals surface area contributed by atoms with Crippen LogP contribution >= 0.6 is 11.8 Å². The van der Waals surface area contributed by atoms with E-state index in [0.717, 1.165) is 23.9 Å². The first-order valence-corrected chi connectivity index (χ1v) is 12.2. The second-order valence-electron chi connectivity index (χ2n) is 7.78. The number of carbonyl (C=O) groups excluding carboxylic acids is 3. The Morgan fingerprint density at radius 1 is 0.975 bits per heavy atom. The van der Waals surface area contributed by atoms with Gasteiger partial charge >= 0.3 is 18.3 Å². The number of hydrogen-bond acceptors (Lipinski definition) is 9. The number of carboxylic acid groups (broad SMARTS) is 1. The fraction of sp³-hybridized carbons (Fsp3) is 0.200. The van der Waals surface area contributed by atoms with Crippen LogP contribution in [0.4, 0.5) is 18.9 Å². The van der Waals surface area contributed by atoms with Crippen molar-refractivity contribution < 1.29 is 46.9 Å². The van der Waals surface area contributed by atoms with Crippen LogP contribution in [0.5, 0.6) is 5.75 Å². The van der Waals surface area contributed by atoms with E-state index in [4.69, 9.17) is 9.84 Å². The third-order valence-corrected chi connectivity index (χ3v) is 5.97. The Morgan fingerprint density at radius 3 is 2.33 bits per heavy atom. The number of ether oxygens (including phenoxy) is 2. The van der Waals surface area contributed by atoms with Crippen molar-refractivity contribution in [1.29, 1.82) is 0 Å². The lowest BCUT2D eigenvalue weighted by atomic mass is 10.2. The summed E-state index contributed by atoms with van der Waals surface area (Å²) >= 11 is 0.998. The van der Waals surface area contributed by atoms with Crippen LogP contribution in [0.15, 0.2) is 72.1 Å². The molecule has 2 aromatic heterocycles. The van der Waals surface area contributed by atoms with E-state index in [0.29, 0.717) is 5.56 Å². The summed E-state index contributed by atoms with van der Waals surface area (Å²) in [6.45, 7) is -0.662. The number of halogens is 3. The van der Waals surface area contributed by atoms with E-state index in [2.05, 4.69) is 25.3 Å². The zero-order valence-corrected chi connectivity index (χ0v) is 21.2. The predicted octanol–water partition coefficient (Wildman–Crippen LogP) is 3.94. The third kappa shape index (κ3) is 9.90. The number of carbonyl (C=O) groups is 4. The van der Waals surface area contributed by atoms with Crippen molar-refractivity contribution in [2.24, 2.45) is 0 Å². The molecule has 2 amide bonds. The molecule has 15 heteroatoms. The van der Waals surface area contributed by atoms with E-state index >= 15 is 0 Å². The topological polar surface area (TPSA) is 157 Å². The Kier molecular flexibility index (Phi) is 10.4. The number of benzene rings is 1. The maximum atomic E-state index is 13.0. The van der Waals surface area contributed by atoms with Crippen LogP contribution in [-0.4, -0.2) is 51.8 Å². The van der Waals surface area contributed by atoms with Gasteiger partial charge in [-0.3, -0.25) is 24.2 Å². The summed E-state index contributed by atoms with van der Waals surface area (Å²) in [6, 6.07) is 10.8. The highest BCUT2D eigenvalue weighted by Gasteiger charge is 2.31. The van der Waals surface area contributed by atoms with Crippen LogP contribution in [0.25, 0.3) is 0 Å². The molecular weight excluding hydrogens is 557 g/mol. The molecule has 40 heavy (non-hydrogen) atoms. The van der Waals surface area contributed by atoms with Gasteiger partial charge < -0.3 is 25.2 Å². The van der Waals surface area contributed by atoms with Crippen molar-refractivity contribution in [2.75, 3.05) is 11.9 Å². The molecule has 2 heterocycles. The zero-order valence-electron chi connectivity index (χ0n) is 20.4. The summed E-state index contributed by atoms with van der Waals surface area (Å²) in [6.07, 6.45) is -1.28. The summed E-state index contributed by atoms with van der Waals surface area (Å²) < 4.78 is 45.8. The zero-order chi connectivity index (χ0) is 29.1. The SMILES string of the molecule is O=C(O)CCC(=O)OCC(=O)NC(Sc1ncccc1C(=O)Nc1ccc(OC(F)(F)F)cc1)c1ccncc1. The summed E-state index contributed by atoms with van der Waals surface area (Å²) in [5.41, 5.74) is 0.877. The molecule has 0 spiro atoms. The number of nitrogens with one attached hydrogen (secondary N) is 2. The number of aromatic nitrogens is 2. The molecule has 1 atom stereocenters. The molecule has 0 aliphatic heterocycles. The fourth-order valence-corrected chi connectivity index (χ4v) is 4.16. The maximum Gasteiger partial charge on any atom is 0.573 e. The first kappa shape index (κ1) is 29.9. The summed E-state index contributed by atoms with van der Waals surface area (Å²) in [4.78, 5) is 55.9. The van der Waals surface area contributed by atoms with Gasteiger partial charge in [0.2, 0.25) is 0 Å². The second kappa shape index (κ2) is 13.9. The molecule has 11 nitrogen and oxygen atoms in total. The lowest BCUT2D eigenvalue weighted by Gasteiger charge is -2.19. The largest absolute Gasteiger partial charge is 0.573 e. The number of anilines is 1. The third-order valence-electron chi connectivity index (χ3n) is 4.80. The van der Waals surface area contributed by atoms with Gasteiger partial charge in [-0.15, -0.1) is 13.2 Å². The summed E-state index contributed by atoms with van der Waals surface area (Å²) in [7, 11) is 0. The molecule has 0 aliphatic rings. The maximum absolute atomic E-state index is 13.0. The number of thioether (sulfide) groups is 1. The number of aliphatic carboxylic acids is 1. The smallest absolute Gasteiger partial charge is 0.481 e. The summed E-state index contributed by atoms with van der Waals surface area (Å²) in [5.74, 6) is -3.80. The van der Waals surface area contributed by atoms with Crippen LogP contribution in [0, 0.1) is 0 Å². The van der Waals surface area contributed by atoms with Gasteiger partial charge in [0.15, 0.2) is 6.61 Å². The Morgan fingerprint density at radius 2 is 1.68 bits per heavy atom. The van der Waals surface area contributed by atoms with Crippen molar-refractivity contribution in [3.63, 3.8) is 0 Å². The monoisotopic (exact) mass is 578 g/mol. The number of hydrogen-bond donors (Lipinski definition) is 3. The molecule has 0 bridgehead atoms. The van der Waals surface area contributed by atoms with Crippen molar-refractivity contribution in [2.45, 2.75) is 29.6 Å². The molecule has 1 unspecified atom stereocenters.